The second-order valence-electron chi connectivity index (χ2n) is 3.90. The van der Waals surface area contributed by atoms with Crippen molar-refractivity contribution in [2.45, 2.75) is 25.8 Å². The van der Waals surface area contributed by atoms with E-state index in [4.69, 9.17) is 5.11 Å². The number of hydrogen-bond donors (Lipinski definition) is 2. The van der Waals surface area contributed by atoms with Gasteiger partial charge in [-0.15, -0.1) is 0 Å². The first-order chi connectivity index (χ1) is 7.27. The van der Waals surface area contributed by atoms with Crippen LogP contribution in [0, 0.1) is 0 Å². The van der Waals surface area contributed by atoms with E-state index in [1.165, 1.54) is 25.5 Å². The maximum Gasteiger partial charge on any atom is 0.339 e. The van der Waals surface area contributed by atoms with Gasteiger partial charge >= 0.3 is 5.97 Å². The summed E-state index contributed by atoms with van der Waals surface area (Å²) in [5, 5.41) is 15.4. The minimum atomic E-state index is -0.907. The molecule has 0 amide bonds. The zero-order valence-corrected chi connectivity index (χ0v) is 8.57. The van der Waals surface area contributed by atoms with Crippen LogP contribution < -0.4 is 0 Å². The van der Waals surface area contributed by atoms with Crippen molar-refractivity contribution < 1.29 is 9.90 Å². The first kappa shape index (κ1) is 10.2. The number of carboxylic acid groups (broad SMARTS) is 1. The van der Waals surface area contributed by atoms with Crippen LogP contribution in [0.5, 0.6) is 0 Å². The SMILES string of the molecule is O=C(O)c1cn[nH]c1CN1CCCCC1. The van der Waals surface area contributed by atoms with Crippen LogP contribution in [0.3, 0.4) is 0 Å². The van der Waals surface area contributed by atoms with Crippen LogP contribution in [0.1, 0.15) is 35.3 Å². The maximum atomic E-state index is 10.8. The number of nitrogens with zero attached hydrogens (tertiary/aromatic N) is 2. The summed E-state index contributed by atoms with van der Waals surface area (Å²) in [6.07, 6.45) is 5.07. The van der Waals surface area contributed by atoms with Gasteiger partial charge in [0, 0.05) is 6.54 Å². The monoisotopic (exact) mass is 209 g/mol. The molecular formula is C10H15N3O2. The molecule has 5 nitrogen and oxygen atoms in total. The molecule has 0 radical (unpaired) electrons. The molecule has 0 aromatic carbocycles. The Labute approximate surface area is 88.1 Å². The van der Waals surface area contributed by atoms with Gasteiger partial charge in [-0.2, -0.15) is 5.10 Å². The van der Waals surface area contributed by atoms with Crippen LogP contribution in [-0.2, 0) is 6.54 Å². The molecule has 15 heavy (non-hydrogen) atoms. The Bertz CT molecular complexity index is 342. The fourth-order valence-corrected chi connectivity index (χ4v) is 1.96. The molecule has 1 aromatic heterocycles. The van der Waals surface area contributed by atoms with Crippen molar-refractivity contribution in [3.05, 3.63) is 17.5 Å². The van der Waals surface area contributed by atoms with Crippen LogP contribution in [0.15, 0.2) is 6.20 Å². The van der Waals surface area contributed by atoms with Crippen molar-refractivity contribution in [1.29, 1.82) is 0 Å². The molecule has 1 aromatic rings. The summed E-state index contributed by atoms with van der Waals surface area (Å²) in [7, 11) is 0. The second kappa shape index (κ2) is 4.44. The van der Waals surface area contributed by atoms with Crippen LogP contribution in [0.4, 0.5) is 0 Å². The number of aromatic carboxylic acids is 1. The van der Waals surface area contributed by atoms with E-state index in [2.05, 4.69) is 15.1 Å². The third kappa shape index (κ3) is 2.36. The molecule has 1 aliphatic rings. The molecule has 2 heterocycles. The molecule has 82 valence electrons. The Morgan fingerprint density at radius 1 is 1.47 bits per heavy atom. The smallest absolute Gasteiger partial charge is 0.339 e. The molecule has 0 saturated carbocycles. The number of H-pyrrole nitrogens is 1. The molecule has 2 N–H and O–H groups in total. The quantitative estimate of drug-likeness (QED) is 0.782. The van der Waals surface area contributed by atoms with E-state index in [9.17, 15) is 4.79 Å². The molecule has 0 atom stereocenters. The maximum absolute atomic E-state index is 10.8. The van der Waals surface area contributed by atoms with E-state index in [0.29, 0.717) is 17.8 Å². The predicted molar refractivity (Wildman–Crippen MR) is 54.7 cm³/mol. The van der Waals surface area contributed by atoms with Gasteiger partial charge in [-0.3, -0.25) is 10.00 Å². The van der Waals surface area contributed by atoms with Crippen molar-refractivity contribution in [1.82, 2.24) is 15.1 Å². The fourth-order valence-electron chi connectivity index (χ4n) is 1.96. The predicted octanol–water partition coefficient (Wildman–Crippen LogP) is 1.09. The van der Waals surface area contributed by atoms with Crippen LogP contribution in [0.25, 0.3) is 0 Å². The molecule has 1 saturated heterocycles. The first-order valence-corrected chi connectivity index (χ1v) is 5.25. The lowest BCUT2D eigenvalue weighted by atomic mass is 10.1. The molecule has 1 aliphatic heterocycles. The number of aromatic nitrogens is 2. The molecule has 5 heteroatoms. The lowest BCUT2D eigenvalue weighted by molar-refractivity contribution is 0.0694. The third-order valence-corrected chi connectivity index (χ3v) is 2.78. The minimum Gasteiger partial charge on any atom is -0.478 e. The zero-order valence-electron chi connectivity index (χ0n) is 8.57. The Hall–Kier alpha value is -1.36. The number of nitrogens with one attached hydrogen (secondary N) is 1. The van der Waals surface area contributed by atoms with Crippen molar-refractivity contribution in [2.24, 2.45) is 0 Å². The number of likely N-dealkylation sites (tertiary alicyclic amines) is 1. The fraction of sp³-hybridized carbons (Fsp3) is 0.600. The lowest BCUT2D eigenvalue weighted by Gasteiger charge is -2.25. The van der Waals surface area contributed by atoms with Crippen LogP contribution in [0.2, 0.25) is 0 Å². The Kier molecular flexibility index (Phi) is 3.01. The summed E-state index contributed by atoms with van der Waals surface area (Å²) >= 11 is 0. The number of piperidine rings is 1. The van der Waals surface area contributed by atoms with Gasteiger partial charge in [0.15, 0.2) is 0 Å². The van der Waals surface area contributed by atoms with Crippen molar-refractivity contribution in [2.75, 3.05) is 13.1 Å². The van der Waals surface area contributed by atoms with Gasteiger partial charge in [0.05, 0.1) is 11.9 Å². The number of carbonyl (C=O) groups is 1. The molecule has 0 bridgehead atoms. The van der Waals surface area contributed by atoms with Crippen molar-refractivity contribution in [3.63, 3.8) is 0 Å². The summed E-state index contributed by atoms with van der Waals surface area (Å²) in [4.78, 5) is 13.1. The summed E-state index contributed by atoms with van der Waals surface area (Å²) in [6, 6.07) is 0. The van der Waals surface area contributed by atoms with Crippen LogP contribution >= 0.6 is 0 Å². The van der Waals surface area contributed by atoms with Gasteiger partial charge in [-0.05, 0) is 25.9 Å². The van der Waals surface area contributed by atoms with Crippen LogP contribution in [-0.4, -0.2) is 39.3 Å². The Morgan fingerprint density at radius 3 is 2.87 bits per heavy atom. The molecule has 0 aliphatic carbocycles. The van der Waals surface area contributed by atoms with Gasteiger partial charge in [0.1, 0.15) is 5.56 Å². The van der Waals surface area contributed by atoms with Gasteiger partial charge in [-0.1, -0.05) is 6.42 Å². The number of rotatable bonds is 3. The molecular weight excluding hydrogens is 194 g/mol. The molecule has 0 spiro atoms. The average molecular weight is 209 g/mol. The minimum absolute atomic E-state index is 0.292. The Balaban J connectivity index is 2.03. The summed E-state index contributed by atoms with van der Waals surface area (Å²) in [6.45, 7) is 2.78. The van der Waals surface area contributed by atoms with Gasteiger partial charge in [0.25, 0.3) is 0 Å². The van der Waals surface area contributed by atoms with E-state index in [-0.39, 0.29) is 0 Å². The zero-order chi connectivity index (χ0) is 10.7. The third-order valence-electron chi connectivity index (χ3n) is 2.78. The second-order valence-corrected chi connectivity index (χ2v) is 3.90. The van der Waals surface area contributed by atoms with E-state index < -0.39 is 5.97 Å². The van der Waals surface area contributed by atoms with Gasteiger partial charge < -0.3 is 5.11 Å². The topological polar surface area (TPSA) is 69.2 Å². The van der Waals surface area contributed by atoms with E-state index in [1.54, 1.807) is 0 Å². The lowest BCUT2D eigenvalue weighted by Crippen LogP contribution is -2.29. The highest BCUT2D eigenvalue weighted by molar-refractivity contribution is 5.88. The molecule has 1 fully saturated rings. The van der Waals surface area contributed by atoms with E-state index >= 15 is 0 Å². The largest absolute Gasteiger partial charge is 0.478 e. The standard InChI is InChI=1S/C10H15N3O2/c14-10(15)8-6-11-12-9(8)7-13-4-2-1-3-5-13/h6H,1-5,7H2,(H,11,12)(H,14,15). The van der Waals surface area contributed by atoms with Crippen molar-refractivity contribution in [3.8, 4) is 0 Å². The summed E-state index contributed by atoms with van der Waals surface area (Å²) in [5.41, 5.74) is 1.00. The number of carboxylic acids is 1. The number of hydrogen-bond acceptors (Lipinski definition) is 3. The highest BCUT2D eigenvalue weighted by Crippen LogP contribution is 2.13. The Morgan fingerprint density at radius 2 is 2.20 bits per heavy atom. The van der Waals surface area contributed by atoms with E-state index in [1.807, 2.05) is 0 Å². The summed E-state index contributed by atoms with van der Waals surface area (Å²) < 4.78 is 0. The van der Waals surface area contributed by atoms with Crippen molar-refractivity contribution >= 4 is 5.97 Å². The average Bonchev–Trinajstić information content (AvgIpc) is 2.67. The first-order valence-electron chi connectivity index (χ1n) is 5.25. The molecule has 2 rings (SSSR count). The normalized spacial score (nSPS) is 17.9. The highest BCUT2D eigenvalue weighted by atomic mass is 16.4. The number of aromatic amines is 1. The van der Waals surface area contributed by atoms with Gasteiger partial charge in [-0.25, -0.2) is 4.79 Å². The highest BCUT2D eigenvalue weighted by Gasteiger charge is 2.16. The van der Waals surface area contributed by atoms with E-state index in [0.717, 1.165) is 13.1 Å². The summed E-state index contributed by atoms with van der Waals surface area (Å²) in [5.74, 6) is -0.907. The molecule has 0 unspecified atom stereocenters. The van der Waals surface area contributed by atoms with Gasteiger partial charge in [0.2, 0.25) is 0 Å².